The molecule has 1 saturated carbocycles. The minimum atomic E-state index is -0.111. The Morgan fingerprint density at radius 1 is 0.939 bits per heavy atom. The molecule has 6 heteroatoms. The van der Waals surface area contributed by atoms with Gasteiger partial charge in [-0.15, -0.1) is 0 Å². The van der Waals surface area contributed by atoms with Gasteiger partial charge in [0.1, 0.15) is 0 Å². The SMILES string of the molecule is CC(C)OC(=O)C1CCC(c2ccc(NC(=O)c3ccc(N4CCOCC4)cc3)cc2)CC1. The highest BCUT2D eigenvalue weighted by Gasteiger charge is 2.28. The molecule has 0 atom stereocenters. The molecule has 1 saturated heterocycles. The third-order valence-electron chi connectivity index (χ3n) is 6.56. The lowest BCUT2D eigenvalue weighted by Gasteiger charge is -2.28. The van der Waals surface area contributed by atoms with Crippen LogP contribution in [0, 0.1) is 5.92 Å². The lowest BCUT2D eigenvalue weighted by Crippen LogP contribution is -2.36. The fourth-order valence-electron chi connectivity index (χ4n) is 4.68. The van der Waals surface area contributed by atoms with Crippen molar-refractivity contribution in [1.29, 1.82) is 0 Å². The molecule has 0 unspecified atom stereocenters. The normalized spacial score (nSPS) is 21.0. The Morgan fingerprint density at radius 2 is 1.58 bits per heavy atom. The van der Waals surface area contributed by atoms with E-state index in [1.807, 2.05) is 50.2 Å². The number of nitrogens with one attached hydrogen (secondary N) is 1. The zero-order valence-electron chi connectivity index (χ0n) is 19.6. The second kappa shape index (κ2) is 10.8. The van der Waals surface area contributed by atoms with Gasteiger partial charge in [-0.05, 0) is 87.4 Å². The highest BCUT2D eigenvalue weighted by Crippen LogP contribution is 2.36. The third kappa shape index (κ3) is 6.14. The molecule has 0 aromatic heterocycles. The van der Waals surface area contributed by atoms with Crippen LogP contribution in [0.4, 0.5) is 11.4 Å². The summed E-state index contributed by atoms with van der Waals surface area (Å²) < 4.78 is 10.8. The molecule has 0 bridgehead atoms. The van der Waals surface area contributed by atoms with Crippen molar-refractivity contribution in [2.75, 3.05) is 36.5 Å². The van der Waals surface area contributed by atoms with Crippen molar-refractivity contribution in [3.8, 4) is 0 Å². The molecule has 1 aliphatic carbocycles. The lowest BCUT2D eigenvalue weighted by molar-refractivity contribution is -0.153. The zero-order valence-corrected chi connectivity index (χ0v) is 19.6. The van der Waals surface area contributed by atoms with Crippen LogP contribution in [-0.4, -0.2) is 44.3 Å². The predicted molar refractivity (Wildman–Crippen MR) is 130 cm³/mol. The van der Waals surface area contributed by atoms with Crippen LogP contribution < -0.4 is 10.2 Å². The molecule has 176 valence electrons. The predicted octanol–water partition coefficient (Wildman–Crippen LogP) is 5.00. The summed E-state index contributed by atoms with van der Waals surface area (Å²) in [5, 5.41) is 2.99. The van der Waals surface area contributed by atoms with E-state index in [4.69, 9.17) is 9.47 Å². The van der Waals surface area contributed by atoms with E-state index in [0.29, 0.717) is 11.5 Å². The van der Waals surface area contributed by atoms with Gasteiger partial charge < -0.3 is 19.7 Å². The fraction of sp³-hybridized carbons (Fsp3) is 0.481. The Kier molecular flexibility index (Phi) is 7.65. The molecular weight excluding hydrogens is 416 g/mol. The summed E-state index contributed by atoms with van der Waals surface area (Å²) in [5.41, 5.74) is 3.81. The minimum absolute atomic E-state index is 0.0249. The molecule has 1 amide bonds. The molecule has 33 heavy (non-hydrogen) atoms. The monoisotopic (exact) mass is 450 g/mol. The Bertz CT molecular complexity index is 926. The van der Waals surface area contributed by atoms with Crippen LogP contribution in [0.1, 0.15) is 61.4 Å². The maximum atomic E-state index is 12.7. The highest BCUT2D eigenvalue weighted by molar-refractivity contribution is 6.04. The summed E-state index contributed by atoms with van der Waals surface area (Å²) in [6, 6.07) is 15.9. The summed E-state index contributed by atoms with van der Waals surface area (Å²) in [6.07, 6.45) is 3.66. The number of anilines is 2. The van der Waals surface area contributed by atoms with Crippen LogP contribution in [0.15, 0.2) is 48.5 Å². The van der Waals surface area contributed by atoms with Crippen molar-refractivity contribution in [3.63, 3.8) is 0 Å². The highest BCUT2D eigenvalue weighted by atomic mass is 16.5. The van der Waals surface area contributed by atoms with E-state index in [1.165, 1.54) is 5.56 Å². The largest absolute Gasteiger partial charge is 0.463 e. The second-order valence-electron chi connectivity index (χ2n) is 9.26. The zero-order chi connectivity index (χ0) is 23.2. The van der Waals surface area contributed by atoms with Crippen molar-refractivity contribution in [1.82, 2.24) is 0 Å². The summed E-state index contributed by atoms with van der Waals surface area (Å²) in [5.74, 6) is 0.308. The smallest absolute Gasteiger partial charge is 0.309 e. The quantitative estimate of drug-likeness (QED) is 0.627. The van der Waals surface area contributed by atoms with Crippen molar-refractivity contribution in [2.45, 2.75) is 51.6 Å². The number of ether oxygens (including phenoxy) is 2. The van der Waals surface area contributed by atoms with Crippen molar-refractivity contribution in [3.05, 3.63) is 59.7 Å². The molecule has 2 aromatic rings. The molecule has 4 rings (SSSR count). The number of benzene rings is 2. The molecule has 1 N–H and O–H groups in total. The average Bonchev–Trinajstić information content (AvgIpc) is 2.85. The number of esters is 1. The van der Waals surface area contributed by atoms with Crippen LogP contribution in [0.25, 0.3) is 0 Å². The Morgan fingerprint density at radius 3 is 2.18 bits per heavy atom. The number of carbonyl (C=O) groups is 2. The van der Waals surface area contributed by atoms with Gasteiger partial charge in [0.25, 0.3) is 5.91 Å². The van der Waals surface area contributed by atoms with E-state index < -0.39 is 0 Å². The van der Waals surface area contributed by atoms with Gasteiger partial charge in [0, 0.05) is 30.0 Å². The van der Waals surface area contributed by atoms with E-state index in [0.717, 1.165) is 63.4 Å². The summed E-state index contributed by atoms with van der Waals surface area (Å²) in [4.78, 5) is 27.1. The first kappa shape index (κ1) is 23.3. The van der Waals surface area contributed by atoms with Crippen molar-refractivity contribution in [2.24, 2.45) is 5.92 Å². The maximum Gasteiger partial charge on any atom is 0.309 e. The van der Waals surface area contributed by atoms with E-state index in [1.54, 1.807) is 0 Å². The Hall–Kier alpha value is -2.86. The number of hydrogen-bond acceptors (Lipinski definition) is 5. The Balaban J connectivity index is 1.29. The third-order valence-corrected chi connectivity index (χ3v) is 6.56. The molecule has 1 heterocycles. The Labute approximate surface area is 196 Å². The molecular formula is C27H34N2O4. The number of carbonyl (C=O) groups excluding carboxylic acids is 2. The van der Waals surface area contributed by atoms with E-state index in [-0.39, 0.29) is 23.9 Å². The van der Waals surface area contributed by atoms with Gasteiger partial charge in [0.15, 0.2) is 0 Å². The number of morpholine rings is 1. The van der Waals surface area contributed by atoms with E-state index >= 15 is 0 Å². The fourth-order valence-corrected chi connectivity index (χ4v) is 4.68. The average molecular weight is 451 g/mol. The molecule has 2 aliphatic rings. The summed E-state index contributed by atoms with van der Waals surface area (Å²) in [7, 11) is 0. The topological polar surface area (TPSA) is 67.9 Å². The van der Waals surface area contributed by atoms with Crippen LogP contribution in [-0.2, 0) is 14.3 Å². The summed E-state index contributed by atoms with van der Waals surface area (Å²) in [6.45, 7) is 7.02. The van der Waals surface area contributed by atoms with Gasteiger partial charge >= 0.3 is 5.97 Å². The molecule has 0 radical (unpaired) electrons. The van der Waals surface area contributed by atoms with Crippen LogP contribution in [0.2, 0.25) is 0 Å². The van der Waals surface area contributed by atoms with Crippen molar-refractivity contribution >= 4 is 23.3 Å². The first-order chi connectivity index (χ1) is 16.0. The first-order valence-electron chi connectivity index (χ1n) is 12.0. The van der Waals surface area contributed by atoms with Gasteiger partial charge in [0.05, 0.1) is 25.2 Å². The van der Waals surface area contributed by atoms with Gasteiger partial charge in [-0.2, -0.15) is 0 Å². The van der Waals surface area contributed by atoms with Crippen molar-refractivity contribution < 1.29 is 19.1 Å². The number of amides is 1. The maximum absolute atomic E-state index is 12.7. The first-order valence-corrected chi connectivity index (χ1v) is 12.0. The van der Waals surface area contributed by atoms with Gasteiger partial charge in [-0.3, -0.25) is 9.59 Å². The molecule has 0 spiro atoms. The van der Waals surface area contributed by atoms with Crippen LogP contribution in [0.5, 0.6) is 0 Å². The number of rotatable bonds is 6. The summed E-state index contributed by atoms with van der Waals surface area (Å²) >= 11 is 0. The lowest BCUT2D eigenvalue weighted by atomic mass is 9.78. The van der Waals surface area contributed by atoms with Gasteiger partial charge in [-0.25, -0.2) is 0 Å². The second-order valence-corrected chi connectivity index (χ2v) is 9.26. The standard InChI is InChI=1S/C27H34N2O4/c1-19(2)33-27(31)23-5-3-20(4-6-23)21-7-11-24(12-8-21)28-26(30)22-9-13-25(14-10-22)29-15-17-32-18-16-29/h7-14,19-20,23H,3-6,15-18H2,1-2H3,(H,28,30). The molecule has 2 aromatic carbocycles. The minimum Gasteiger partial charge on any atom is -0.463 e. The van der Waals surface area contributed by atoms with E-state index in [2.05, 4.69) is 22.3 Å². The van der Waals surface area contributed by atoms with E-state index in [9.17, 15) is 9.59 Å². The van der Waals surface area contributed by atoms with Crippen LogP contribution in [0.3, 0.4) is 0 Å². The number of nitrogens with zero attached hydrogens (tertiary/aromatic N) is 1. The molecule has 6 nitrogen and oxygen atoms in total. The van der Waals surface area contributed by atoms with Gasteiger partial charge in [-0.1, -0.05) is 12.1 Å². The van der Waals surface area contributed by atoms with Gasteiger partial charge in [0.2, 0.25) is 0 Å². The number of hydrogen-bond donors (Lipinski definition) is 1. The molecule has 1 aliphatic heterocycles. The van der Waals surface area contributed by atoms with Crippen LogP contribution >= 0.6 is 0 Å². The molecule has 2 fully saturated rings.